The van der Waals surface area contributed by atoms with Crippen LogP contribution in [0.4, 0.5) is 0 Å². The lowest BCUT2D eigenvalue weighted by Gasteiger charge is -2.42. The highest BCUT2D eigenvalue weighted by atomic mass is 35.5. The van der Waals surface area contributed by atoms with Crippen molar-refractivity contribution in [2.24, 2.45) is 0 Å². The molecule has 4 heterocycles. The van der Waals surface area contributed by atoms with E-state index in [2.05, 4.69) is 57.9 Å². The van der Waals surface area contributed by atoms with Crippen LogP contribution in [0.1, 0.15) is 45.0 Å². The fourth-order valence-electron chi connectivity index (χ4n) is 5.61. The van der Waals surface area contributed by atoms with E-state index in [4.69, 9.17) is 4.98 Å². The van der Waals surface area contributed by atoms with Gasteiger partial charge in [0.25, 0.3) is 7.59 Å². The number of aromatic nitrogens is 1. The lowest BCUT2D eigenvalue weighted by molar-refractivity contribution is -0.936. The fourth-order valence-corrected chi connectivity index (χ4v) is 8.94. The molecule has 0 radical (unpaired) electrons. The minimum atomic E-state index is -2.48. The molecule has 0 amide bonds. The predicted octanol–water partition coefficient (Wildman–Crippen LogP) is 0.0992. The standard InChI is InChI=1S/C23H42N6OP.ClH/c1-4-29(5-2,6-3)21-23-11-7-10-22(24-23)20-25-12-8-13-27-18-19-28-15-9-14-26(17-16-25)31(27,28)30;/h7,10-11H,4-6,8-9,12-21H2,1-3H3;1H/q+1;/p-1. The molecule has 3 fully saturated rings. The first-order valence-electron chi connectivity index (χ1n) is 12.4. The van der Waals surface area contributed by atoms with Crippen LogP contribution in [0.2, 0.25) is 0 Å². The summed E-state index contributed by atoms with van der Waals surface area (Å²) in [7, 11) is -2.48. The maximum absolute atomic E-state index is 13.9. The third kappa shape index (κ3) is 5.25. The second-order valence-corrected chi connectivity index (χ2v) is 12.1. The van der Waals surface area contributed by atoms with Gasteiger partial charge in [-0.25, -0.2) is 14.0 Å². The third-order valence-corrected chi connectivity index (χ3v) is 11.3. The molecule has 4 rings (SSSR count). The molecule has 0 spiro atoms. The highest BCUT2D eigenvalue weighted by molar-refractivity contribution is 7.56. The van der Waals surface area contributed by atoms with E-state index in [9.17, 15) is 4.57 Å². The quantitative estimate of drug-likeness (QED) is 0.404. The van der Waals surface area contributed by atoms with Crippen molar-refractivity contribution in [1.29, 1.82) is 0 Å². The van der Waals surface area contributed by atoms with E-state index in [0.717, 1.165) is 102 Å². The van der Waals surface area contributed by atoms with Crippen LogP contribution in [0.3, 0.4) is 0 Å². The maximum atomic E-state index is 13.9. The molecular weight excluding hydrogens is 443 g/mol. The van der Waals surface area contributed by atoms with Gasteiger partial charge in [-0.15, -0.1) is 0 Å². The van der Waals surface area contributed by atoms with E-state index in [0.29, 0.717) is 0 Å². The summed E-state index contributed by atoms with van der Waals surface area (Å²) in [6, 6.07) is 6.55. The SMILES string of the molecule is CC[N+](CC)(CC)Cc1cccc(CN2CCCN3CCN4CCCN(CC2)P34=O)n1.[Cl-]. The van der Waals surface area contributed by atoms with Gasteiger partial charge in [0.05, 0.1) is 31.0 Å². The first kappa shape index (κ1) is 26.1. The molecule has 0 aromatic carbocycles. The molecular formula is C23H42ClN6OP. The van der Waals surface area contributed by atoms with Gasteiger partial charge in [0.2, 0.25) is 0 Å². The lowest BCUT2D eigenvalue weighted by Crippen LogP contribution is -3.00. The van der Waals surface area contributed by atoms with Crippen molar-refractivity contribution >= 4 is 7.59 Å². The van der Waals surface area contributed by atoms with Crippen molar-refractivity contribution in [3.63, 3.8) is 0 Å². The Morgan fingerprint density at radius 2 is 1.34 bits per heavy atom. The van der Waals surface area contributed by atoms with Crippen molar-refractivity contribution in [2.75, 3.05) is 72.0 Å². The van der Waals surface area contributed by atoms with Crippen LogP contribution in [-0.4, -0.2) is 100 Å². The molecule has 182 valence electrons. The van der Waals surface area contributed by atoms with Crippen LogP contribution in [0, 0.1) is 0 Å². The average Bonchev–Trinajstić information content (AvgIpc) is 3.15. The number of nitrogens with zero attached hydrogens (tertiary/aromatic N) is 6. The van der Waals surface area contributed by atoms with Crippen LogP contribution in [0.5, 0.6) is 0 Å². The Balaban J connectivity index is 0.00000289. The zero-order chi connectivity index (χ0) is 21.9. The topological polar surface area (TPSA) is 42.9 Å². The summed E-state index contributed by atoms with van der Waals surface area (Å²) in [5, 5.41) is 0. The van der Waals surface area contributed by atoms with Crippen LogP contribution in [-0.2, 0) is 17.7 Å². The van der Waals surface area contributed by atoms with E-state index in [1.54, 1.807) is 0 Å². The molecule has 0 saturated carbocycles. The van der Waals surface area contributed by atoms with Gasteiger partial charge in [-0.1, -0.05) is 6.07 Å². The van der Waals surface area contributed by atoms with Crippen molar-refractivity contribution in [1.82, 2.24) is 23.9 Å². The molecule has 1 aromatic rings. The molecule has 1 atom stereocenters. The Hall–Kier alpha value is -0.530. The van der Waals surface area contributed by atoms with Gasteiger partial charge in [-0.3, -0.25) is 14.4 Å². The van der Waals surface area contributed by atoms with Gasteiger partial charge in [0.1, 0.15) is 6.54 Å². The molecule has 0 aliphatic carbocycles. The van der Waals surface area contributed by atoms with Crippen LogP contribution < -0.4 is 12.4 Å². The fraction of sp³-hybridized carbons (Fsp3) is 0.783. The van der Waals surface area contributed by atoms with Crippen LogP contribution in [0.25, 0.3) is 0 Å². The summed E-state index contributed by atoms with van der Waals surface area (Å²) < 4.78 is 21.9. The predicted molar refractivity (Wildman–Crippen MR) is 127 cm³/mol. The van der Waals surface area contributed by atoms with Crippen molar-refractivity contribution in [3.05, 3.63) is 29.6 Å². The Labute approximate surface area is 201 Å². The number of hydrogen-bond donors (Lipinski definition) is 0. The van der Waals surface area contributed by atoms with E-state index in [1.807, 2.05) is 0 Å². The summed E-state index contributed by atoms with van der Waals surface area (Å²) in [5.74, 6) is 0. The molecule has 32 heavy (non-hydrogen) atoms. The average molecular weight is 485 g/mol. The van der Waals surface area contributed by atoms with Gasteiger partial charge in [0.15, 0.2) is 0 Å². The van der Waals surface area contributed by atoms with Crippen LogP contribution in [0.15, 0.2) is 18.2 Å². The molecule has 1 aromatic heterocycles. The van der Waals surface area contributed by atoms with Gasteiger partial charge in [0, 0.05) is 52.4 Å². The van der Waals surface area contributed by atoms with Gasteiger partial charge in [-0.2, -0.15) is 0 Å². The van der Waals surface area contributed by atoms with Crippen LogP contribution >= 0.6 is 7.59 Å². The van der Waals surface area contributed by atoms with E-state index >= 15 is 0 Å². The summed E-state index contributed by atoms with van der Waals surface area (Å²) in [6.45, 7) is 20.0. The second-order valence-electron chi connectivity index (χ2n) is 9.43. The van der Waals surface area contributed by atoms with Crippen molar-refractivity contribution in [3.8, 4) is 0 Å². The molecule has 1 unspecified atom stereocenters. The monoisotopic (exact) mass is 484 g/mol. The minimum Gasteiger partial charge on any atom is -1.00 e. The first-order chi connectivity index (χ1) is 15.0. The van der Waals surface area contributed by atoms with Gasteiger partial charge in [-0.05, 0) is 52.3 Å². The molecule has 9 heteroatoms. The third-order valence-electron chi connectivity index (χ3n) is 7.88. The zero-order valence-electron chi connectivity index (χ0n) is 20.3. The number of quaternary nitrogens is 1. The molecule has 0 bridgehead atoms. The summed E-state index contributed by atoms with van der Waals surface area (Å²) in [5.41, 5.74) is 2.38. The lowest BCUT2D eigenvalue weighted by atomic mass is 10.2. The van der Waals surface area contributed by atoms with E-state index < -0.39 is 7.59 Å². The van der Waals surface area contributed by atoms with Gasteiger partial charge >= 0.3 is 0 Å². The summed E-state index contributed by atoms with van der Waals surface area (Å²) in [4.78, 5) is 7.59. The minimum absolute atomic E-state index is 0. The highest BCUT2D eigenvalue weighted by Gasteiger charge is 2.49. The summed E-state index contributed by atoms with van der Waals surface area (Å²) in [6.07, 6.45) is 2.21. The second kappa shape index (κ2) is 11.3. The Morgan fingerprint density at radius 1 is 0.812 bits per heavy atom. The maximum Gasteiger partial charge on any atom is 0.287 e. The normalized spacial score (nSPS) is 26.1. The number of hydrogen-bond acceptors (Lipinski definition) is 3. The van der Waals surface area contributed by atoms with E-state index in [1.165, 1.54) is 11.4 Å². The largest absolute Gasteiger partial charge is 1.00 e. The first-order valence-corrected chi connectivity index (χ1v) is 14.0. The molecule has 3 aliphatic rings. The number of rotatable bonds is 7. The molecule has 3 saturated heterocycles. The van der Waals surface area contributed by atoms with Gasteiger partial charge < -0.3 is 16.9 Å². The summed E-state index contributed by atoms with van der Waals surface area (Å²) >= 11 is 0. The van der Waals surface area contributed by atoms with E-state index in [-0.39, 0.29) is 12.4 Å². The molecule has 7 nitrogen and oxygen atoms in total. The Morgan fingerprint density at radius 3 is 1.94 bits per heavy atom. The van der Waals surface area contributed by atoms with Crippen molar-refractivity contribution in [2.45, 2.75) is 46.7 Å². The zero-order valence-corrected chi connectivity index (χ0v) is 21.9. The Bertz CT molecular complexity index is 783. The molecule has 3 aliphatic heterocycles. The van der Waals surface area contributed by atoms with Crippen molar-refractivity contribution < 1.29 is 21.5 Å². The molecule has 0 N–H and O–H groups in total. The number of halogens is 1. The number of pyridine rings is 1. The Kier molecular flexibility index (Phi) is 9.18. The smallest absolute Gasteiger partial charge is 0.287 e. The highest BCUT2D eigenvalue weighted by Crippen LogP contribution is 2.61.